The van der Waals surface area contributed by atoms with Crippen molar-refractivity contribution in [3.63, 3.8) is 0 Å². The quantitative estimate of drug-likeness (QED) is 0.792. The first kappa shape index (κ1) is 11.9. The third-order valence-electron chi connectivity index (χ3n) is 3.34. The van der Waals surface area contributed by atoms with Gasteiger partial charge in [0.25, 0.3) is 0 Å². The number of fused-ring (bicyclic) bond motifs is 1. The number of nitrogens with zero attached hydrogens (tertiary/aromatic N) is 1. The number of hydrogen-bond donors (Lipinski definition) is 0. The smallest absolute Gasteiger partial charge is 0.139 e. The molecule has 0 unspecified atom stereocenters. The van der Waals surface area contributed by atoms with E-state index in [0.29, 0.717) is 5.92 Å². The Kier molecular flexibility index (Phi) is 3.05. The van der Waals surface area contributed by atoms with Gasteiger partial charge in [-0.3, -0.25) is 4.98 Å². The second-order valence-electron chi connectivity index (χ2n) is 5.22. The Morgan fingerprint density at radius 3 is 2.59 bits per heavy atom. The first-order chi connectivity index (χ1) is 7.99. The summed E-state index contributed by atoms with van der Waals surface area (Å²) in [6.45, 7) is 8.53. The van der Waals surface area contributed by atoms with Gasteiger partial charge in [-0.25, -0.2) is 0 Å². The van der Waals surface area contributed by atoms with Gasteiger partial charge in [-0.05, 0) is 31.9 Å². The zero-order valence-electron chi connectivity index (χ0n) is 10.9. The topological polar surface area (TPSA) is 22.1 Å². The molecule has 0 aliphatic heterocycles. The number of hydrogen-bond acceptors (Lipinski definition) is 2. The van der Waals surface area contributed by atoms with Crippen molar-refractivity contribution >= 4 is 10.9 Å². The zero-order chi connectivity index (χ0) is 12.5. The molecule has 0 amide bonds. The highest BCUT2D eigenvalue weighted by atomic mass is 16.5. The van der Waals surface area contributed by atoms with Crippen LogP contribution in [-0.4, -0.2) is 10.6 Å². The molecule has 0 fully saturated rings. The molecular formula is C15H19NO. The maximum Gasteiger partial charge on any atom is 0.139 e. The number of pyridine rings is 1. The van der Waals surface area contributed by atoms with Gasteiger partial charge in [0.15, 0.2) is 0 Å². The van der Waals surface area contributed by atoms with E-state index in [1.54, 1.807) is 6.20 Å². The first-order valence-corrected chi connectivity index (χ1v) is 6.03. The van der Waals surface area contributed by atoms with E-state index in [1.807, 2.05) is 24.3 Å². The minimum absolute atomic E-state index is 0.176. The lowest BCUT2D eigenvalue weighted by Gasteiger charge is -2.30. The predicted octanol–water partition coefficient (Wildman–Crippen LogP) is 4.05. The molecule has 1 aromatic heterocycles. The molecule has 17 heavy (non-hydrogen) atoms. The van der Waals surface area contributed by atoms with E-state index in [4.69, 9.17) is 4.74 Å². The molecule has 2 heteroatoms. The van der Waals surface area contributed by atoms with Crippen LogP contribution < -0.4 is 4.74 Å². The molecule has 0 bridgehead atoms. The second kappa shape index (κ2) is 4.36. The summed E-state index contributed by atoms with van der Waals surface area (Å²) in [6, 6.07) is 10.1. The van der Waals surface area contributed by atoms with Gasteiger partial charge in [-0.1, -0.05) is 32.0 Å². The second-order valence-corrected chi connectivity index (χ2v) is 5.22. The summed E-state index contributed by atoms with van der Waals surface area (Å²) in [5.41, 5.74) is 0.826. The van der Waals surface area contributed by atoms with Gasteiger partial charge in [0.1, 0.15) is 11.4 Å². The monoisotopic (exact) mass is 229 g/mol. The molecule has 1 heterocycles. The molecule has 0 saturated heterocycles. The normalized spacial score (nSPS) is 12.1. The van der Waals surface area contributed by atoms with E-state index in [2.05, 4.69) is 38.7 Å². The van der Waals surface area contributed by atoms with Crippen LogP contribution in [0.15, 0.2) is 36.5 Å². The summed E-state index contributed by atoms with van der Waals surface area (Å²) in [5, 5.41) is 1.12. The van der Waals surface area contributed by atoms with Crippen LogP contribution in [0.25, 0.3) is 10.9 Å². The van der Waals surface area contributed by atoms with Crippen molar-refractivity contribution in [1.82, 2.24) is 4.98 Å². The number of ether oxygens (including phenoxy) is 1. The lowest BCUT2D eigenvalue weighted by Crippen LogP contribution is -2.34. The highest BCUT2D eigenvalue weighted by Gasteiger charge is 2.24. The summed E-state index contributed by atoms with van der Waals surface area (Å²) < 4.78 is 6.01. The van der Waals surface area contributed by atoms with Crippen molar-refractivity contribution in [3.8, 4) is 5.75 Å². The van der Waals surface area contributed by atoms with E-state index in [1.165, 1.54) is 0 Å². The fourth-order valence-corrected chi connectivity index (χ4v) is 1.53. The molecule has 0 atom stereocenters. The summed E-state index contributed by atoms with van der Waals surface area (Å²) in [4.78, 5) is 4.40. The van der Waals surface area contributed by atoms with E-state index in [-0.39, 0.29) is 5.60 Å². The maximum absolute atomic E-state index is 6.01. The molecule has 0 saturated carbocycles. The van der Waals surface area contributed by atoms with E-state index in [9.17, 15) is 0 Å². The summed E-state index contributed by atoms with van der Waals surface area (Å²) in [6.07, 6.45) is 1.80. The van der Waals surface area contributed by atoms with Crippen molar-refractivity contribution < 1.29 is 4.74 Å². The van der Waals surface area contributed by atoms with Gasteiger partial charge in [-0.15, -0.1) is 0 Å². The number of rotatable bonds is 3. The van der Waals surface area contributed by atoms with Crippen molar-refractivity contribution in [1.29, 1.82) is 0 Å². The van der Waals surface area contributed by atoms with Crippen LogP contribution in [-0.2, 0) is 0 Å². The van der Waals surface area contributed by atoms with Crippen molar-refractivity contribution in [2.75, 3.05) is 0 Å². The van der Waals surface area contributed by atoms with Crippen LogP contribution in [0, 0.1) is 5.92 Å². The van der Waals surface area contributed by atoms with Crippen LogP contribution in [0.4, 0.5) is 0 Å². The highest BCUT2D eigenvalue weighted by Crippen LogP contribution is 2.26. The molecule has 1 aromatic carbocycles. The number of aromatic nitrogens is 1. The Morgan fingerprint density at radius 2 is 1.88 bits per heavy atom. The van der Waals surface area contributed by atoms with Gasteiger partial charge in [0.2, 0.25) is 0 Å². The molecule has 0 N–H and O–H groups in total. The lowest BCUT2D eigenvalue weighted by molar-refractivity contribution is 0.0598. The SMILES string of the molecule is CC(C)C(C)(C)Oc1cnc2ccccc2c1. The Bertz CT molecular complexity index is 517. The van der Waals surface area contributed by atoms with Crippen molar-refractivity contribution in [3.05, 3.63) is 36.5 Å². The standard InChI is InChI=1S/C15H19NO/c1-11(2)15(3,4)17-13-9-12-7-5-6-8-14(12)16-10-13/h5-11H,1-4H3. The minimum atomic E-state index is -0.176. The fraction of sp³-hybridized carbons (Fsp3) is 0.400. The highest BCUT2D eigenvalue weighted by molar-refractivity contribution is 5.79. The minimum Gasteiger partial charge on any atom is -0.486 e. The van der Waals surface area contributed by atoms with Crippen LogP contribution in [0.2, 0.25) is 0 Å². The Balaban J connectivity index is 2.31. The number of para-hydroxylation sites is 1. The van der Waals surface area contributed by atoms with E-state index < -0.39 is 0 Å². The molecule has 2 aromatic rings. The van der Waals surface area contributed by atoms with Crippen molar-refractivity contribution in [2.45, 2.75) is 33.3 Å². The number of benzene rings is 1. The molecule has 2 nitrogen and oxygen atoms in total. The molecule has 0 radical (unpaired) electrons. The molecular weight excluding hydrogens is 210 g/mol. The van der Waals surface area contributed by atoms with Gasteiger partial charge in [0, 0.05) is 5.39 Å². The van der Waals surface area contributed by atoms with Crippen molar-refractivity contribution in [2.24, 2.45) is 5.92 Å². The van der Waals surface area contributed by atoms with E-state index >= 15 is 0 Å². The van der Waals surface area contributed by atoms with Crippen LogP contribution in [0.1, 0.15) is 27.7 Å². The third-order valence-corrected chi connectivity index (χ3v) is 3.34. The maximum atomic E-state index is 6.01. The zero-order valence-corrected chi connectivity index (χ0v) is 10.9. The van der Waals surface area contributed by atoms with Gasteiger partial charge >= 0.3 is 0 Å². The van der Waals surface area contributed by atoms with Crippen LogP contribution in [0.5, 0.6) is 5.75 Å². The largest absolute Gasteiger partial charge is 0.486 e. The average Bonchev–Trinajstić information content (AvgIpc) is 2.28. The molecule has 90 valence electrons. The predicted molar refractivity (Wildman–Crippen MR) is 71.3 cm³/mol. The molecule has 0 aliphatic rings. The average molecular weight is 229 g/mol. The first-order valence-electron chi connectivity index (χ1n) is 6.03. The summed E-state index contributed by atoms with van der Waals surface area (Å²) >= 11 is 0. The molecule has 0 aliphatic carbocycles. The summed E-state index contributed by atoms with van der Waals surface area (Å²) in [7, 11) is 0. The van der Waals surface area contributed by atoms with Crippen LogP contribution in [0.3, 0.4) is 0 Å². The van der Waals surface area contributed by atoms with Gasteiger partial charge in [-0.2, -0.15) is 0 Å². The molecule has 0 spiro atoms. The molecule has 2 rings (SSSR count). The summed E-state index contributed by atoms with van der Waals surface area (Å²) in [5.74, 6) is 1.29. The fourth-order valence-electron chi connectivity index (χ4n) is 1.53. The van der Waals surface area contributed by atoms with Crippen LogP contribution >= 0.6 is 0 Å². The third kappa shape index (κ3) is 2.57. The Labute approximate surface area is 103 Å². The Hall–Kier alpha value is -1.57. The van der Waals surface area contributed by atoms with Gasteiger partial charge < -0.3 is 4.74 Å². The van der Waals surface area contributed by atoms with E-state index in [0.717, 1.165) is 16.7 Å². The van der Waals surface area contributed by atoms with Gasteiger partial charge in [0.05, 0.1) is 11.7 Å². The lowest BCUT2D eigenvalue weighted by atomic mass is 9.94. The Morgan fingerprint density at radius 1 is 1.18 bits per heavy atom.